The van der Waals surface area contributed by atoms with E-state index in [2.05, 4.69) is 15.3 Å². The summed E-state index contributed by atoms with van der Waals surface area (Å²) in [5, 5.41) is 11.5. The van der Waals surface area contributed by atoms with Crippen LogP contribution in [0.25, 0.3) is 11.3 Å². The Morgan fingerprint density at radius 3 is 2.61 bits per heavy atom. The number of carbonyl (C=O) groups is 1. The van der Waals surface area contributed by atoms with Crippen LogP contribution in [0, 0.1) is 19.3 Å². The highest BCUT2D eigenvalue weighted by Gasteiger charge is 2.24. The third-order valence-corrected chi connectivity index (χ3v) is 4.14. The number of H-pyrrole nitrogens is 1. The zero-order valence-electron chi connectivity index (χ0n) is 14.8. The highest BCUT2D eigenvalue weighted by Crippen LogP contribution is 2.25. The third kappa shape index (κ3) is 3.44. The van der Waals surface area contributed by atoms with Crippen molar-refractivity contribution < 1.29 is 4.79 Å². The predicted octanol–water partition coefficient (Wildman–Crippen LogP) is 1.48. The molecule has 0 unspecified atom stereocenters. The first-order valence-corrected chi connectivity index (χ1v) is 7.68. The molecule has 0 spiro atoms. The lowest BCUT2D eigenvalue weighted by Crippen LogP contribution is -2.39. The molecule has 0 fully saturated rings. The number of nitrogens with two attached hydrogens (primary N) is 1. The van der Waals surface area contributed by atoms with Crippen LogP contribution in [-0.2, 0) is 7.05 Å². The molecule has 2 rings (SSSR count). The predicted molar refractivity (Wildman–Crippen MR) is 90.1 cm³/mol. The quantitative estimate of drug-likeness (QED) is 0.873. The molecule has 0 aliphatic carbocycles. The lowest BCUT2D eigenvalue weighted by molar-refractivity contribution is 0.0734. The molecule has 0 radical (unpaired) electrons. The summed E-state index contributed by atoms with van der Waals surface area (Å²) in [6, 6.07) is 1.78. The summed E-state index contributed by atoms with van der Waals surface area (Å²) in [4.78, 5) is 14.2. The van der Waals surface area contributed by atoms with Crippen molar-refractivity contribution >= 4 is 5.91 Å². The Labute approximate surface area is 136 Å². The number of nitrogens with zero attached hydrogens (tertiary/aromatic N) is 4. The summed E-state index contributed by atoms with van der Waals surface area (Å²) in [6.07, 6.45) is 0. The fourth-order valence-electron chi connectivity index (χ4n) is 2.69. The van der Waals surface area contributed by atoms with Crippen LogP contribution in [0.15, 0.2) is 6.07 Å². The van der Waals surface area contributed by atoms with Gasteiger partial charge in [-0.25, -0.2) is 0 Å². The van der Waals surface area contributed by atoms with Gasteiger partial charge in [0.15, 0.2) is 0 Å². The average molecular weight is 318 g/mol. The molecule has 0 saturated carbocycles. The topological polar surface area (TPSA) is 92.8 Å². The zero-order valence-corrected chi connectivity index (χ0v) is 14.8. The number of hydrogen-bond acceptors (Lipinski definition) is 4. The maximum Gasteiger partial charge on any atom is 0.271 e. The second kappa shape index (κ2) is 6.16. The highest BCUT2D eigenvalue weighted by atomic mass is 16.2. The molecule has 2 aromatic rings. The minimum Gasteiger partial charge on any atom is -0.340 e. The molecule has 7 nitrogen and oxygen atoms in total. The molecule has 0 aliphatic rings. The molecule has 3 N–H and O–H groups in total. The van der Waals surface area contributed by atoms with Crippen molar-refractivity contribution in [2.75, 3.05) is 20.1 Å². The van der Waals surface area contributed by atoms with Gasteiger partial charge in [-0.05, 0) is 31.9 Å². The largest absolute Gasteiger partial charge is 0.340 e. The first kappa shape index (κ1) is 17.2. The number of nitrogens with one attached hydrogen (secondary N) is 1. The van der Waals surface area contributed by atoms with Gasteiger partial charge in [0.25, 0.3) is 5.91 Å². The number of aryl methyl sites for hydroxylation is 2. The highest BCUT2D eigenvalue weighted by molar-refractivity contribution is 5.93. The summed E-state index contributed by atoms with van der Waals surface area (Å²) in [5.74, 6) is -0.0931. The summed E-state index contributed by atoms with van der Waals surface area (Å²) in [6.45, 7) is 9.11. The molecule has 0 aliphatic heterocycles. The Balaban J connectivity index is 2.23. The van der Waals surface area contributed by atoms with Gasteiger partial charge < -0.3 is 10.6 Å². The number of carbonyl (C=O) groups excluding carboxylic acids is 1. The van der Waals surface area contributed by atoms with Crippen molar-refractivity contribution in [2.24, 2.45) is 18.2 Å². The lowest BCUT2D eigenvalue weighted by Gasteiger charge is -2.28. The molecule has 1 amide bonds. The van der Waals surface area contributed by atoms with Gasteiger partial charge in [0.1, 0.15) is 5.69 Å². The standard InChI is InChI=1S/C16H26N6O/c1-10-14(11(2)22(6)20-10)12-7-13(19-18-12)15(23)21(5)9-16(3,4)8-17/h7H,8-9,17H2,1-6H3,(H,18,19). The molecule has 2 heterocycles. The summed E-state index contributed by atoms with van der Waals surface area (Å²) in [7, 11) is 3.67. The lowest BCUT2D eigenvalue weighted by atomic mass is 9.93. The smallest absolute Gasteiger partial charge is 0.271 e. The van der Waals surface area contributed by atoms with E-state index >= 15 is 0 Å². The summed E-state index contributed by atoms with van der Waals surface area (Å²) >= 11 is 0. The molecule has 0 saturated heterocycles. The van der Waals surface area contributed by atoms with Gasteiger partial charge >= 0.3 is 0 Å². The van der Waals surface area contributed by atoms with Gasteiger partial charge in [-0.15, -0.1) is 0 Å². The van der Waals surface area contributed by atoms with Gasteiger partial charge in [0, 0.05) is 31.9 Å². The van der Waals surface area contributed by atoms with E-state index < -0.39 is 0 Å². The van der Waals surface area contributed by atoms with E-state index in [-0.39, 0.29) is 11.3 Å². The molecule has 7 heteroatoms. The molecule has 126 valence electrons. The van der Waals surface area contributed by atoms with Crippen LogP contribution in [0.5, 0.6) is 0 Å². The Bertz CT molecular complexity index is 712. The second-order valence-corrected chi connectivity index (χ2v) is 6.87. The maximum atomic E-state index is 12.6. The maximum absolute atomic E-state index is 12.6. The van der Waals surface area contributed by atoms with Crippen molar-refractivity contribution in [3.05, 3.63) is 23.1 Å². The van der Waals surface area contributed by atoms with Crippen LogP contribution in [0.1, 0.15) is 35.7 Å². The van der Waals surface area contributed by atoms with Crippen LogP contribution in [0.3, 0.4) is 0 Å². The van der Waals surface area contributed by atoms with Crippen LogP contribution < -0.4 is 5.73 Å². The summed E-state index contributed by atoms with van der Waals surface area (Å²) < 4.78 is 1.82. The van der Waals surface area contributed by atoms with Crippen molar-refractivity contribution in [2.45, 2.75) is 27.7 Å². The van der Waals surface area contributed by atoms with Gasteiger partial charge in [0.2, 0.25) is 0 Å². The van der Waals surface area contributed by atoms with Gasteiger partial charge in [-0.2, -0.15) is 10.2 Å². The average Bonchev–Trinajstić information content (AvgIpc) is 3.03. The van der Waals surface area contributed by atoms with Crippen molar-refractivity contribution in [3.63, 3.8) is 0 Å². The third-order valence-electron chi connectivity index (χ3n) is 4.14. The SMILES string of the molecule is Cc1nn(C)c(C)c1-c1cc(C(=O)N(C)CC(C)(C)CN)[nH]n1. The normalized spacial score (nSPS) is 11.8. The monoisotopic (exact) mass is 318 g/mol. The first-order chi connectivity index (χ1) is 10.7. The number of aromatic nitrogens is 4. The number of rotatable bonds is 5. The van der Waals surface area contributed by atoms with Crippen molar-refractivity contribution in [3.8, 4) is 11.3 Å². The van der Waals surface area contributed by atoms with Crippen LogP contribution in [-0.4, -0.2) is 50.9 Å². The Morgan fingerprint density at radius 1 is 1.43 bits per heavy atom. The minimum atomic E-state index is -0.121. The van der Waals surface area contributed by atoms with E-state index in [0.29, 0.717) is 18.8 Å². The minimum absolute atomic E-state index is 0.0931. The van der Waals surface area contributed by atoms with Crippen LogP contribution >= 0.6 is 0 Å². The molecule has 2 aromatic heterocycles. The summed E-state index contributed by atoms with van der Waals surface area (Å²) in [5.41, 5.74) is 9.71. The zero-order chi connectivity index (χ0) is 17.4. The Kier molecular flexibility index (Phi) is 4.61. The molecule has 0 bridgehead atoms. The van der Waals surface area contributed by atoms with Crippen LogP contribution in [0.2, 0.25) is 0 Å². The fraction of sp³-hybridized carbons (Fsp3) is 0.562. The van der Waals surface area contributed by atoms with Crippen molar-refractivity contribution in [1.29, 1.82) is 0 Å². The van der Waals surface area contributed by atoms with Gasteiger partial charge in [0.05, 0.1) is 11.4 Å². The van der Waals surface area contributed by atoms with E-state index in [1.54, 1.807) is 18.0 Å². The molecule has 0 aromatic carbocycles. The van der Waals surface area contributed by atoms with E-state index in [1.807, 2.05) is 39.4 Å². The fourth-order valence-corrected chi connectivity index (χ4v) is 2.69. The number of hydrogen-bond donors (Lipinski definition) is 2. The Morgan fingerprint density at radius 2 is 2.09 bits per heavy atom. The van der Waals surface area contributed by atoms with Crippen molar-refractivity contribution in [1.82, 2.24) is 24.9 Å². The van der Waals surface area contributed by atoms with E-state index in [0.717, 1.165) is 22.6 Å². The molecular formula is C16H26N6O. The number of amides is 1. The molecule has 0 atom stereocenters. The number of aromatic amines is 1. The van der Waals surface area contributed by atoms with Gasteiger partial charge in [-0.1, -0.05) is 13.8 Å². The Hall–Kier alpha value is -2.15. The molecule has 23 heavy (non-hydrogen) atoms. The van der Waals surface area contributed by atoms with E-state index in [1.165, 1.54) is 0 Å². The second-order valence-electron chi connectivity index (χ2n) is 6.87. The van der Waals surface area contributed by atoms with Crippen LogP contribution in [0.4, 0.5) is 0 Å². The van der Waals surface area contributed by atoms with E-state index in [4.69, 9.17) is 5.73 Å². The van der Waals surface area contributed by atoms with E-state index in [9.17, 15) is 4.79 Å². The first-order valence-electron chi connectivity index (χ1n) is 7.68. The molecular weight excluding hydrogens is 292 g/mol. The van der Waals surface area contributed by atoms with Gasteiger partial charge in [-0.3, -0.25) is 14.6 Å².